The predicted octanol–water partition coefficient (Wildman–Crippen LogP) is 2.86. The van der Waals surface area contributed by atoms with Gasteiger partial charge in [-0.15, -0.1) is 0 Å². The number of hydrogen-bond donors (Lipinski definition) is 1. The largest absolute Gasteiger partial charge is 0.399 e. The van der Waals surface area contributed by atoms with Crippen LogP contribution in [0.5, 0.6) is 0 Å². The van der Waals surface area contributed by atoms with Gasteiger partial charge >= 0.3 is 0 Å². The van der Waals surface area contributed by atoms with Gasteiger partial charge in [0.15, 0.2) is 0 Å². The van der Waals surface area contributed by atoms with Crippen molar-refractivity contribution in [1.82, 2.24) is 4.90 Å². The van der Waals surface area contributed by atoms with Gasteiger partial charge in [-0.2, -0.15) is 0 Å². The molecule has 2 heteroatoms. The van der Waals surface area contributed by atoms with Crippen LogP contribution in [-0.2, 0) is 0 Å². The van der Waals surface area contributed by atoms with E-state index in [1.54, 1.807) is 0 Å². The van der Waals surface area contributed by atoms with Crippen LogP contribution < -0.4 is 5.73 Å². The molecule has 0 unspecified atom stereocenters. The molecule has 2 rings (SSSR count). The number of nitrogens with zero attached hydrogens (tertiary/aromatic N) is 1. The second-order valence-corrected chi connectivity index (χ2v) is 4.81. The Morgan fingerprint density at radius 1 is 1.31 bits per heavy atom. The van der Waals surface area contributed by atoms with E-state index in [0.29, 0.717) is 5.92 Å². The molecule has 0 saturated carbocycles. The van der Waals surface area contributed by atoms with Gasteiger partial charge in [-0.25, -0.2) is 0 Å². The third-order valence-corrected chi connectivity index (χ3v) is 3.45. The van der Waals surface area contributed by atoms with E-state index in [0.717, 1.165) is 5.69 Å². The Morgan fingerprint density at radius 2 is 2.06 bits per heavy atom. The van der Waals surface area contributed by atoms with Crippen LogP contribution in [-0.4, -0.2) is 24.5 Å². The van der Waals surface area contributed by atoms with E-state index < -0.39 is 0 Å². The number of hydrogen-bond acceptors (Lipinski definition) is 2. The summed E-state index contributed by atoms with van der Waals surface area (Å²) in [5.41, 5.74) is 8.04. The van der Waals surface area contributed by atoms with Gasteiger partial charge in [-0.1, -0.05) is 19.1 Å². The van der Waals surface area contributed by atoms with Crippen molar-refractivity contribution >= 4 is 5.69 Å². The van der Waals surface area contributed by atoms with E-state index in [1.807, 2.05) is 12.1 Å². The topological polar surface area (TPSA) is 29.3 Å². The first-order chi connectivity index (χ1) is 7.79. The number of nitrogen functional groups attached to an aromatic ring is 1. The number of benzene rings is 1. The normalized spacial score (nSPS) is 22.2. The van der Waals surface area contributed by atoms with Crippen molar-refractivity contribution in [2.24, 2.45) is 0 Å². The smallest absolute Gasteiger partial charge is 0.0314 e. The summed E-state index contributed by atoms with van der Waals surface area (Å²) in [7, 11) is 0. The Morgan fingerprint density at radius 3 is 2.75 bits per heavy atom. The molecule has 0 spiro atoms. The number of nitrogens with two attached hydrogens (primary N) is 1. The van der Waals surface area contributed by atoms with Crippen molar-refractivity contribution in [3.05, 3.63) is 29.8 Å². The summed E-state index contributed by atoms with van der Waals surface area (Å²) in [4.78, 5) is 2.59. The SMILES string of the molecule is CCCN1CCC[C@@H](c2ccc(N)cc2)C1. The van der Waals surface area contributed by atoms with Crippen LogP contribution in [0.4, 0.5) is 5.69 Å². The van der Waals surface area contributed by atoms with Gasteiger partial charge in [0.25, 0.3) is 0 Å². The van der Waals surface area contributed by atoms with Crippen LogP contribution in [0.15, 0.2) is 24.3 Å². The monoisotopic (exact) mass is 218 g/mol. The summed E-state index contributed by atoms with van der Waals surface area (Å²) < 4.78 is 0. The van der Waals surface area contributed by atoms with Gasteiger partial charge in [0.05, 0.1) is 0 Å². The highest BCUT2D eigenvalue weighted by atomic mass is 15.1. The molecule has 1 fully saturated rings. The molecule has 0 aliphatic carbocycles. The lowest BCUT2D eigenvalue weighted by atomic mass is 9.90. The predicted molar refractivity (Wildman–Crippen MR) is 69.6 cm³/mol. The van der Waals surface area contributed by atoms with Gasteiger partial charge in [-0.05, 0) is 56.0 Å². The molecule has 1 aromatic carbocycles. The van der Waals surface area contributed by atoms with Gasteiger partial charge in [-0.3, -0.25) is 0 Å². The van der Waals surface area contributed by atoms with Gasteiger partial charge in [0.1, 0.15) is 0 Å². The summed E-state index contributed by atoms with van der Waals surface area (Å²) in [6, 6.07) is 8.42. The van der Waals surface area contributed by atoms with E-state index >= 15 is 0 Å². The zero-order valence-electron chi connectivity index (χ0n) is 10.2. The summed E-state index contributed by atoms with van der Waals surface area (Å²) in [5, 5.41) is 0. The Hall–Kier alpha value is -1.02. The van der Waals surface area contributed by atoms with Crippen LogP contribution in [0.25, 0.3) is 0 Å². The lowest BCUT2D eigenvalue weighted by molar-refractivity contribution is 0.208. The van der Waals surface area contributed by atoms with Crippen molar-refractivity contribution in [2.45, 2.75) is 32.1 Å². The van der Waals surface area contributed by atoms with E-state index in [-0.39, 0.29) is 0 Å². The summed E-state index contributed by atoms with van der Waals surface area (Å²) in [5.74, 6) is 0.709. The maximum atomic E-state index is 5.72. The molecule has 2 nitrogen and oxygen atoms in total. The fourth-order valence-corrected chi connectivity index (χ4v) is 2.62. The first-order valence-electron chi connectivity index (χ1n) is 6.37. The molecule has 1 aliphatic rings. The lowest BCUT2D eigenvalue weighted by Crippen LogP contribution is -2.34. The van der Waals surface area contributed by atoms with E-state index in [1.165, 1.54) is 44.5 Å². The molecule has 1 heterocycles. The van der Waals surface area contributed by atoms with Crippen LogP contribution >= 0.6 is 0 Å². The third-order valence-electron chi connectivity index (χ3n) is 3.45. The molecular formula is C14H22N2. The minimum absolute atomic E-state index is 0.709. The van der Waals surface area contributed by atoms with Crippen molar-refractivity contribution in [3.63, 3.8) is 0 Å². The number of anilines is 1. The second kappa shape index (κ2) is 5.35. The fourth-order valence-electron chi connectivity index (χ4n) is 2.62. The zero-order chi connectivity index (χ0) is 11.4. The van der Waals surface area contributed by atoms with Gasteiger partial charge in [0.2, 0.25) is 0 Å². The molecule has 1 aromatic rings. The Labute approximate surface area is 98.4 Å². The fraction of sp³-hybridized carbons (Fsp3) is 0.571. The first-order valence-corrected chi connectivity index (χ1v) is 6.37. The number of likely N-dealkylation sites (tertiary alicyclic amines) is 1. The van der Waals surface area contributed by atoms with E-state index in [2.05, 4.69) is 24.0 Å². The standard InChI is InChI=1S/C14H22N2/c1-2-9-16-10-3-4-13(11-16)12-5-7-14(15)8-6-12/h5-8,13H,2-4,9-11,15H2,1H3/t13-/m1/s1. The number of rotatable bonds is 3. The molecule has 0 radical (unpaired) electrons. The molecule has 0 amide bonds. The maximum Gasteiger partial charge on any atom is 0.0314 e. The molecule has 0 aromatic heterocycles. The maximum absolute atomic E-state index is 5.72. The minimum atomic E-state index is 0.709. The molecule has 16 heavy (non-hydrogen) atoms. The summed E-state index contributed by atoms with van der Waals surface area (Å²) in [6.07, 6.45) is 3.91. The van der Waals surface area contributed by atoms with Crippen LogP contribution in [0.1, 0.15) is 37.7 Å². The average Bonchev–Trinajstić information content (AvgIpc) is 2.31. The van der Waals surface area contributed by atoms with Crippen molar-refractivity contribution in [2.75, 3.05) is 25.4 Å². The van der Waals surface area contributed by atoms with Crippen molar-refractivity contribution in [1.29, 1.82) is 0 Å². The molecule has 88 valence electrons. The molecule has 1 aliphatic heterocycles. The minimum Gasteiger partial charge on any atom is -0.399 e. The van der Waals surface area contributed by atoms with Gasteiger partial charge in [0, 0.05) is 12.2 Å². The molecule has 2 N–H and O–H groups in total. The molecule has 1 saturated heterocycles. The van der Waals surface area contributed by atoms with Gasteiger partial charge < -0.3 is 10.6 Å². The summed E-state index contributed by atoms with van der Waals surface area (Å²) in [6.45, 7) is 6.00. The van der Waals surface area contributed by atoms with Crippen molar-refractivity contribution < 1.29 is 0 Å². The van der Waals surface area contributed by atoms with E-state index in [9.17, 15) is 0 Å². The van der Waals surface area contributed by atoms with E-state index in [4.69, 9.17) is 5.73 Å². The highest BCUT2D eigenvalue weighted by Gasteiger charge is 2.20. The van der Waals surface area contributed by atoms with Crippen LogP contribution in [0.3, 0.4) is 0 Å². The Bertz CT molecular complexity index is 316. The van der Waals surface area contributed by atoms with Crippen LogP contribution in [0.2, 0.25) is 0 Å². The third kappa shape index (κ3) is 2.76. The molecule has 0 bridgehead atoms. The average molecular weight is 218 g/mol. The highest BCUT2D eigenvalue weighted by Crippen LogP contribution is 2.27. The number of piperidine rings is 1. The lowest BCUT2D eigenvalue weighted by Gasteiger charge is -2.32. The first kappa shape index (κ1) is 11.5. The molecular weight excluding hydrogens is 196 g/mol. The quantitative estimate of drug-likeness (QED) is 0.790. The summed E-state index contributed by atoms with van der Waals surface area (Å²) >= 11 is 0. The van der Waals surface area contributed by atoms with Crippen LogP contribution in [0, 0.1) is 0 Å². The Kier molecular flexibility index (Phi) is 3.83. The second-order valence-electron chi connectivity index (χ2n) is 4.81. The zero-order valence-corrected chi connectivity index (χ0v) is 10.2. The molecule has 1 atom stereocenters. The highest BCUT2D eigenvalue weighted by molar-refractivity contribution is 5.40. The van der Waals surface area contributed by atoms with Crippen molar-refractivity contribution in [3.8, 4) is 0 Å². The Balaban J connectivity index is 2.01.